The highest BCUT2D eigenvalue weighted by Crippen LogP contribution is 2.38. The molecule has 1 aromatic rings. The summed E-state index contributed by atoms with van der Waals surface area (Å²) in [6.45, 7) is 3.93. The van der Waals surface area contributed by atoms with E-state index >= 15 is 0 Å². The Bertz CT molecular complexity index is 452. The highest BCUT2D eigenvalue weighted by molar-refractivity contribution is 5.99. The molecular formula is C11H13NO3. The lowest BCUT2D eigenvalue weighted by Crippen LogP contribution is -2.33. The number of carbonyl (C=O) groups is 1. The fraction of sp³-hybridized carbons (Fsp3) is 0.364. The molecule has 0 atom stereocenters. The molecule has 4 heteroatoms. The van der Waals surface area contributed by atoms with E-state index in [4.69, 9.17) is 0 Å². The van der Waals surface area contributed by atoms with E-state index in [9.17, 15) is 15.0 Å². The number of hydrogen-bond acceptors (Lipinski definition) is 3. The van der Waals surface area contributed by atoms with Gasteiger partial charge in [-0.2, -0.15) is 0 Å². The molecule has 80 valence electrons. The maximum absolute atomic E-state index is 11.6. The van der Waals surface area contributed by atoms with Crippen molar-refractivity contribution >= 4 is 5.91 Å². The number of carbonyl (C=O) groups excluding carboxylic acids is 1. The van der Waals surface area contributed by atoms with Gasteiger partial charge >= 0.3 is 0 Å². The number of benzene rings is 1. The van der Waals surface area contributed by atoms with E-state index in [0.717, 1.165) is 5.56 Å². The van der Waals surface area contributed by atoms with Crippen LogP contribution in [0.5, 0.6) is 11.5 Å². The van der Waals surface area contributed by atoms with E-state index in [-0.39, 0.29) is 17.4 Å². The maximum Gasteiger partial charge on any atom is 0.251 e. The van der Waals surface area contributed by atoms with Gasteiger partial charge in [-0.15, -0.1) is 0 Å². The Morgan fingerprint density at radius 2 is 1.73 bits per heavy atom. The van der Waals surface area contributed by atoms with Crippen LogP contribution in [0, 0.1) is 13.8 Å². The van der Waals surface area contributed by atoms with Crippen molar-refractivity contribution in [2.45, 2.75) is 20.3 Å². The van der Waals surface area contributed by atoms with Crippen LogP contribution in [0.4, 0.5) is 0 Å². The lowest BCUT2D eigenvalue weighted by molar-refractivity contribution is 0.0944. The van der Waals surface area contributed by atoms with Gasteiger partial charge in [-0.3, -0.25) is 4.79 Å². The minimum absolute atomic E-state index is 0.110. The van der Waals surface area contributed by atoms with Gasteiger partial charge in [-0.25, -0.2) is 0 Å². The van der Waals surface area contributed by atoms with E-state index < -0.39 is 0 Å². The summed E-state index contributed by atoms with van der Waals surface area (Å²) in [6.07, 6.45) is 0.696. The van der Waals surface area contributed by atoms with Crippen LogP contribution in [0.2, 0.25) is 0 Å². The van der Waals surface area contributed by atoms with Gasteiger partial charge < -0.3 is 15.5 Å². The van der Waals surface area contributed by atoms with Crippen LogP contribution in [0.25, 0.3) is 0 Å². The summed E-state index contributed by atoms with van der Waals surface area (Å²) in [5.41, 5.74) is 2.40. The fourth-order valence-electron chi connectivity index (χ4n) is 2.04. The van der Waals surface area contributed by atoms with Gasteiger partial charge in [0, 0.05) is 17.7 Å². The van der Waals surface area contributed by atoms with Crippen molar-refractivity contribution in [2.75, 3.05) is 6.54 Å². The second-order valence-electron chi connectivity index (χ2n) is 3.81. The van der Waals surface area contributed by atoms with Crippen LogP contribution in [-0.2, 0) is 6.42 Å². The molecule has 1 aliphatic rings. The predicted octanol–water partition coefficient (Wildman–Crippen LogP) is 1.00. The largest absolute Gasteiger partial charge is 0.504 e. The zero-order valence-corrected chi connectivity index (χ0v) is 8.72. The standard InChI is InChI=1S/C11H13NO3/c1-5-7-3-4-12-11(15)8(7)6(2)10(14)9(5)13/h13-14H,3-4H2,1-2H3,(H,12,15). The lowest BCUT2D eigenvalue weighted by Gasteiger charge is -2.22. The molecule has 0 saturated heterocycles. The average molecular weight is 207 g/mol. The highest BCUT2D eigenvalue weighted by Gasteiger charge is 2.25. The molecule has 0 spiro atoms. The van der Waals surface area contributed by atoms with Crippen LogP contribution >= 0.6 is 0 Å². The SMILES string of the molecule is Cc1c(O)c(O)c(C)c2c1CCNC2=O. The summed E-state index contributed by atoms with van der Waals surface area (Å²) in [7, 11) is 0. The third-order valence-electron chi connectivity index (χ3n) is 2.95. The normalized spacial score (nSPS) is 14.7. The van der Waals surface area contributed by atoms with Crippen molar-refractivity contribution in [2.24, 2.45) is 0 Å². The zero-order chi connectivity index (χ0) is 11.2. The molecule has 1 heterocycles. The van der Waals surface area contributed by atoms with E-state index in [1.165, 1.54) is 0 Å². The minimum Gasteiger partial charge on any atom is -0.504 e. The van der Waals surface area contributed by atoms with Crippen LogP contribution in [0.3, 0.4) is 0 Å². The van der Waals surface area contributed by atoms with E-state index in [1.54, 1.807) is 13.8 Å². The van der Waals surface area contributed by atoms with E-state index in [0.29, 0.717) is 29.7 Å². The number of phenols is 2. The van der Waals surface area contributed by atoms with Crippen LogP contribution in [-0.4, -0.2) is 22.7 Å². The van der Waals surface area contributed by atoms with Crippen LogP contribution in [0.15, 0.2) is 0 Å². The molecular weight excluding hydrogens is 194 g/mol. The molecule has 2 rings (SSSR count). The molecule has 0 saturated carbocycles. The van der Waals surface area contributed by atoms with E-state index in [1.807, 2.05) is 0 Å². The molecule has 4 nitrogen and oxygen atoms in total. The highest BCUT2D eigenvalue weighted by atomic mass is 16.3. The number of rotatable bonds is 0. The summed E-state index contributed by atoms with van der Waals surface area (Å²) in [5, 5.41) is 22.0. The minimum atomic E-state index is -0.191. The summed E-state index contributed by atoms with van der Waals surface area (Å²) in [4.78, 5) is 11.6. The number of nitrogens with one attached hydrogen (secondary N) is 1. The Labute approximate surface area is 87.6 Å². The van der Waals surface area contributed by atoms with Gasteiger partial charge in [0.05, 0.1) is 0 Å². The Balaban J connectivity index is 2.80. The van der Waals surface area contributed by atoms with Crippen molar-refractivity contribution in [3.63, 3.8) is 0 Å². The zero-order valence-electron chi connectivity index (χ0n) is 8.72. The second kappa shape index (κ2) is 3.15. The molecule has 15 heavy (non-hydrogen) atoms. The Kier molecular flexibility index (Phi) is 2.07. The average Bonchev–Trinajstić information content (AvgIpc) is 2.23. The summed E-state index contributed by atoms with van der Waals surface area (Å²) in [6, 6.07) is 0. The van der Waals surface area contributed by atoms with Gasteiger partial charge in [0.15, 0.2) is 11.5 Å². The van der Waals surface area contributed by atoms with Crippen molar-refractivity contribution in [3.05, 3.63) is 22.3 Å². The van der Waals surface area contributed by atoms with Gasteiger partial charge in [0.25, 0.3) is 5.91 Å². The maximum atomic E-state index is 11.6. The van der Waals surface area contributed by atoms with Gasteiger partial charge in [0.1, 0.15) is 0 Å². The van der Waals surface area contributed by atoms with Gasteiger partial charge in [-0.05, 0) is 31.4 Å². The van der Waals surface area contributed by atoms with Crippen molar-refractivity contribution in [1.29, 1.82) is 0 Å². The summed E-state index contributed by atoms with van der Waals surface area (Å²) in [5.74, 6) is -0.476. The lowest BCUT2D eigenvalue weighted by atomic mass is 9.90. The summed E-state index contributed by atoms with van der Waals surface area (Å²) >= 11 is 0. The smallest absolute Gasteiger partial charge is 0.251 e. The molecule has 0 fully saturated rings. The molecule has 0 radical (unpaired) electrons. The molecule has 0 aromatic heterocycles. The third kappa shape index (κ3) is 1.25. The fourth-order valence-corrected chi connectivity index (χ4v) is 2.04. The number of phenolic OH excluding ortho intramolecular Hbond substituents is 2. The second-order valence-corrected chi connectivity index (χ2v) is 3.81. The number of hydrogen-bond donors (Lipinski definition) is 3. The van der Waals surface area contributed by atoms with Crippen LogP contribution < -0.4 is 5.32 Å². The molecule has 0 aliphatic carbocycles. The molecule has 1 aliphatic heterocycles. The quantitative estimate of drug-likeness (QED) is 0.556. The molecule has 0 bridgehead atoms. The Hall–Kier alpha value is -1.71. The van der Waals surface area contributed by atoms with Crippen molar-refractivity contribution in [3.8, 4) is 11.5 Å². The first-order valence-corrected chi connectivity index (χ1v) is 4.86. The molecule has 0 unspecified atom stereocenters. The molecule has 1 aromatic carbocycles. The number of aromatic hydroxyl groups is 2. The van der Waals surface area contributed by atoms with Crippen molar-refractivity contribution < 1.29 is 15.0 Å². The van der Waals surface area contributed by atoms with E-state index in [2.05, 4.69) is 5.32 Å². The van der Waals surface area contributed by atoms with Gasteiger partial charge in [0.2, 0.25) is 0 Å². The topological polar surface area (TPSA) is 69.6 Å². The van der Waals surface area contributed by atoms with Gasteiger partial charge in [-0.1, -0.05) is 0 Å². The van der Waals surface area contributed by atoms with Crippen molar-refractivity contribution in [1.82, 2.24) is 5.32 Å². The monoisotopic (exact) mass is 207 g/mol. The Morgan fingerprint density at radius 1 is 1.13 bits per heavy atom. The first-order valence-electron chi connectivity index (χ1n) is 4.86. The molecule has 1 amide bonds. The third-order valence-corrected chi connectivity index (χ3v) is 2.95. The first kappa shape index (κ1) is 9.83. The predicted molar refractivity (Wildman–Crippen MR) is 55.3 cm³/mol. The Morgan fingerprint density at radius 3 is 2.40 bits per heavy atom. The first-order chi connectivity index (χ1) is 7.04. The summed E-state index contributed by atoms with van der Waals surface area (Å²) < 4.78 is 0. The molecule has 3 N–H and O–H groups in total. The number of fused-ring (bicyclic) bond motifs is 1. The number of amides is 1. The van der Waals surface area contributed by atoms with Crippen LogP contribution in [0.1, 0.15) is 27.0 Å².